The van der Waals surface area contributed by atoms with Gasteiger partial charge in [-0.3, -0.25) is 9.59 Å². The van der Waals surface area contributed by atoms with E-state index in [1.807, 2.05) is 72.0 Å². The molecule has 208 valence electrons. The van der Waals surface area contributed by atoms with Gasteiger partial charge in [0, 0.05) is 32.3 Å². The van der Waals surface area contributed by atoms with Crippen LogP contribution in [0.5, 0.6) is 5.75 Å². The van der Waals surface area contributed by atoms with Crippen molar-refractivity contribution < 1.29 is 14.3 Å². The molecule has 2 N–H and O–H groups in total. The van der Waals surface area contributed by atoms with Crippen molar-refractivity contribution in [2.75, 3.05) is 17.2 Å². The monoisotopic (exact) mass is 580 g/mol. The van der Waals surface area contributed by atoms with Gasteiger partial charge in [-0.2, -0.15) is 0 Å². The fourth-order valence-corrected chi connectivity index (χ4v) is 6.37. The minimum absolute atomic E-state index is 0.300. The van der Waals surface area contributed by atoms with Gasteiger partial charge in [-0.15, -0.1) is 22.7 Å². The summed E-state index contributed by atoms with van der Waals surface area (Å²) >= 11 is 3.61. The van der Waals surface area contributed by atoms with Crippen LogP contribution in [0.1, 0.15) is 52.0 Å². The van der Waals surface area contributed by atoms with E-state index in [1.54, 1.807) is 29.5 Å². The number of nitrogens with one attached hydrogen (secondary N) is 2. The standard InChI is InChI=1S/C34H32N2O3S2/c37-33(35-28-13-6-3-7-14-28)26-22-27(34(38)36-29-15-8-4-9-16-29)24-30(23-26)39-19-10-2-1-5-12-25-18-21-41-32(25)31-17-11-20-40-31/h3-4,6-9,11,13-18,20-24H,1-2,5,10,12,19H2,(H,35,37)(H,36,38). The van der Waals surface area contributed by atoms with Crippen molar-refractivity contribution in [2.24, 2.45) is 0 Å². The van der Waals surface area contributed by atoms with Crippen molar-refractivity contribution >= 4 is 45.9 Å². The van der Waals surface area contributed by atoms with Crippen molar-refractivity contribution in [3.8, 4) is 15.5 Å². The lowest BCUT2D eigenvalue weighted by molar-refractivity contribution is 0.102. The van der Waals surface area contributed by atoms with Gasteiger partial charge in [-0.05, 0) is 90.2 Å². The normalized spacial score (nSPS) is 10.7. The summed E-state index contributed by atoms with van der Waals surface area (Å²) in [6.45, 7) is 0.516. The van der Waals surface area contributed by atoms with E-state index in [9.17, 15) is 9.59 Å². The summed E-state index contributed by atoms with van der Waals surface area (Å²) in [4.78, 5) is 28.8. The van der Waals surface area contributed by atoms with E-state index in [1.165, 1.54) is 15.3 Å². The third-order valence-corrected chi connectivity index (χ3v) is 8.60. The first kappa shape index (κ1) is 28.3. The second-order valence-electron chi connectivity index (χ2n) is 9.65. The third-order valence-electron chi connectivity index (χ3n) is 6.60. The Morgan fingerprint density at radius 3 is 1.88 bits per heavy atom. The van der Waals surface area contributed by atoms with Crippen LogP contribution in [0.2, 0.25) is 0 Å². The topological polar surface area (TPSA) is 67.4 Å². The van der Waals surface area contributed by atoms with Crippen LogP contribution < -0.4 is 15.4 Å². The summed E-state index contributed by atoms with van der Waals surface area (Å²) < 4.78 is 6.05. The van der Waals surface area contributed by atoms with Gasteiger partial charge in [0.15, 0.2) is 0 Å². The molecule has 0 saturated heterocycles. The predicted octanol–water partition coefficient (Wildman–Crippen LogP) is 9.16. The highest BCUT2D eigenvalue weighted by atomic mass is 32.1. The Labute approximate surface area is 248 Å². The number of carbonyl (C=O) groups excluding carboxylic acids is 2. The largest absolute Gasteiger partial charge is 0.494 e. The molecule has 0 aliphatic rings. The number of hydrogen-bond acceptors (Lipinski definition) is 5. The van der Waals surface area contributed by atoms with Crippen molar-refractivity contribution in [3.63, 3.8) is 0 Å². The Morgan fingerprint density at radius 1 is 0.634 bits per heavy atom. The molecular formula is C34H32N2O3S2. The molecule has 0 aliphatic heterocycles. The first-order valence-electron chi connectivity index (χ1n) is 13.8. The quantitative estimate of drug-likeness (QED) is 0.136. The number of para-hydroxylation sites is 2. The number of ether oxygens (including phenoxy) is 1. The molecule has 0 saturated carbocycles. The summed E-state index contributed by atoms with van der Waals surface area (Å²) in [7, 11) is 0. The summed E-state index contributed by atoms with van der Waals surface area (Å²) in [5.74, 6) is -0.0979. The molecule has 0 radical (unpaired) electrons. The van der Waals surface area contributed by atoms with Crippen LogP contribution >= 0.6 is 22.7 Å². The number of aryl methyl sites for hydroxylation is 1. The van der Waals surface area contributed by atoms with Gasteiger partial charge in [-0.1, -0.05) is 55.3 Å². The zero-order valence-corrected chi connectivity index (χ0v) is 24.3. The van der Waals surface area contributed by atoms with Crippen molar-refractivity contribution in [3.05, 3.63) is 125 Å². The lowest BCUT2D eigenvalue weighted by Gasteiger charge is -2.12. The zero-order valence-electron chi connectivity index (χ0n) is 22.7. The number of rotatable bonds is 13. The maximum absolute atomic E-state index is 13.0. The summed E-state index contributed by atoms with van der Waals surface area (Å²) in [6, 6.07) is 30.0. The molecule has 41 heavy (non-hydrogen) atoms. The maximum atomic E-state index is 13.0. The summed E-state index contributed by atoms with van der Waals surface area (Å²) in [6.07, 6.45) is 5.28. The number of amides is 2. The van der Waals surface area contributed by atoms with Crippen LogP contribution in [-0.4, -0.2) is 18.4 Å². The van der Waals surface area contributed by atoms with Crippen LogP contribution in [0, 0.1) is 0 Å². The van der Waals surface area contributed by atoms with Gasteiger partial charge in [0.2, 0.25) is 0 Å². The molecule has 3 aromatic carbocycles. The third kappa shape index (κ3) is 8.16. The second kappa shape index (κ2) is 14.4. The fourth-order valence-electron chi connectivity index (χ4n) is 4.51. The van der Waals surface area contributed by atoms with Gasteiger partial charge in [0.1, 0.15) is 5.75 Å². The number of anilines is 2. The van der Waals surface area contributed by atoms with Crippen molar-refractivity contribution in [1.29, 1.82) is 0 Å². The first-order chi connectivity index (χ1) is 20.2. The predicted molar refractivity (Wildman–Crippen MR) is 171 cm³/mol. The molecule has 0 unspecified atom stereocenters. The number of carbonyl (C=O) groups is 2. The molecule has 5 nitrogen and oxygen atoms in total. The van der Waals surface area contributed by atoms with Crippen LogP contribution in [0.15, 0.2) is 108 Å². The van der Waals surface area contributed by atoms with E-state index in [2.05, 4.69) is 39.6 Å². The molecule has 2 amide bonds. The molecule has 0 spiro atoms. The first-order valence-corrected chi connectivity index (χ1v) is 15.5. The molecule has 7 heteroatoms. The van der Waals surface area contributed by atoms with Crippen LogP contribution in [0.25, 0.3) is 9.75 Å². The highest BCUT2D eigenvalue weighted by molar-refractivity contribution is 7.20. The zero-order chi connectivity index (χ0) is 28.3. The Balaban J connectivity index is 1.17. The van der Waals surface area contributed by atoms with E-state index in [0.717, 1.165) is 32.1 Å². The van der Waals surface area contributed by atoms with Crippen LogP contribution in [0.3, 0.4) is 0 Å². The molecule has 0 bridgehead atoms. The minimum Gasteiger partial charge on any atom is -0.494 e. The summed E-state index contributed by atoms with van der Waals surface area (Å²) in [5.41, 5.74) is 3.53. The number of thiophene rings is 2. The van der Waals surface area contributed by atoms with Crippen LogP contribution in [-0.2, 0) is 6.42 Å². The Bertz CT molecular complexity index is 1480. The molecule has 0 aliphatic carbocycles. The molecule has 2 heterocycles. The highest BCUT2D eigenvalue weighted by Crippen LogP contribution is 2.34. The van der Waals surface area contributed by atoms with E-state index in [4.69, 9.17) is 4.74 Å². The van der Waals surface area contributed by atoms with Crippen molar-refractivity contribution in [2.45, 2.75) is 32.1 Å². The van der Waals surface area contributed by atoms with Crippen LogP contribution in [0.4, 0.5) is 11.4 Å². The molecule has 5 rings (SSSR count). The minimum atomic E-state index is -0.300. The number of unbranched alkanes of at least 4 members (excludes halogenated alkanes) is 3. The number of benzene rings is 3. The Hall–Kier alpha value is -4.20. The molecular weight excluding hydrogens is 549 g/mol. The molecule has 0 atom stereocenters. The van der Waals surface area contributed by atoms with Gasteiger partial charge < -0.3 is 15.4 Å². The summed E-state index contributed by atoms with van der Waals surface area (Å²) in [5, 5.41) is 10.1. The molecule has 5 aromatic rings. The lowest BCUT2D eigenvalue weighted by Crippen LogP contribution is -2.16. The fraction of sp³-hybridized carbons (Fsp3) is 0.176. The van der Waals surface area contributed by atoms with E-state index in [-0.39, 0.29) is 11.8 Å². The average Bonchev–Trinajstić information content (AvgIpc) is 3.70. The lowest BCUT2D eigenvalue weighted by atomic mass is 10.1. The average molecular weight is 581 g/mol. The Kier molecular flexibility index (Phi) is 9.98. The van der Waals surface area contributed by atoms with E-state index < -0.39 is 0 Å². The molecule has 2 aromatic heterocycles. The van der Waals surface area contributed by atoms with Gasteiger partial charge in [0.05, 0.1) is 6.61 Å². The second-order valence-corrected chi connectivity index (χ2v) is 11.5. The smallest absolute Gasteiger partial charge is 0.255 e. The van der Waals surface area contributed by atoms with E-state index in [0.29, 0.717) is 34.9 Å². The van der Waals surface area contributed by atoms with Gasteiger partial charge in [0.25, 0.3) is 11.8 Å². The molecule has 0 fully saturated rings. The number of hydrogen-bond donors (Lipinski definition) is 2. The SMILES string of the molecule is O=C(Nc1ccccc1)c1cc(OCCCCCCc2ccsc2-c2cccs2)cc(C(=O)Nc2ccccc2)c1. The highest BCUT2D eigenvalue weighted by Gasteiger charge is 2.15. The van der Waals surface area contributed by atoms with Gasteiger partial charge >= 0.3 is 0 Å². The maximum Gasteiger partial charge on any atom is 0.255 e. The van der Waals surface area contributed by atoms with Crippen molar-refractivity contribution in [1.82, 2.24) is 0 Å². The Morgan fingerprint density at radius 2 is 1.27 bits per heavy atom. The van der Waals surface area contributed by atoms with Gasteiger partial charge in [-0.25, -0.2) is 0 Å². The van der Waals surface area contributed by atoms with E-state index >= 15 is 0 Å².